The van der Waals surface area contributed by atoms with Crippen LogP contribution in [-0.2, 0) is 24.7 Å². The largest absolute Gasteiger partial charge is 0.481 e. The van der Waals surface area contributed by atoms with E-state index in [1.54, 1.807) is 11.6 Å². The van der Waals surface area contributed by atoms with Gasteiger partial charge in [-0.1, -0.05) is 13.8 Å². The van der Waals surface area contributed by atoms with Crippen molar-refractivity contribution in [1.82, 2.24) is 14.8 Å². The van der Waals surface area contributed by atoms with Crippen LogP contribution < -0.4 is 0 Å². The number of carboxylic acids is 1. The van der Waals surface area contributed by atoms with Gasteiger partial charge in [0.15, 0.2) is 0 Å². The number of hydrogen-bond donors (Lipinski definition) is 1. The third-order valence-corrected chi connectivity index (χ3v) is 1.96. The zero-order valence-corrected chi connectivity index (χ0v) is 8.69. The standard InChI is InChI=1S/C9H15N3O2/c1-6(2)4-7-10-11-8(12(7)3)5-9(13)14/h6H,4-5H2,1-3H3,(H,13,14). The van der Waals surface area contributed by atoms with Gasteiger partial charge < -0.3 is 9.67 Å². The Labute approximate surface area is 82.8 Å². The quantitative estimate of drug-likeness (QED) is 0.769. The Bertz CT molecular complexity index is 331. The van der Waals surface area contributed by atoms with Crippen LogP contribution in [0.5, 0.6) is 0 Å². The fraction of sp³-hybridized carbons (Fsp3) is 0.667. The molecule has 78 valence electrons. The van der Waals surface area contributed by atoms with Gasteiger partial charge in [0.25, 0.3) is 0 Å². The van der Waals surface area contributed by atoms with E-state index < -0.39 is 5.97 Å². The Morgan fingerprint density at radius 2 is 2.00 bits per heavy atom. The molecule has 0 bridgehead atoms. The van der Waals surface area contributed by atoms with Crippen molar-refractivity contribution in [3.8, 4) is 0 Å². The molecule has 0 aliphatic heterocycles. The van der Waals surface area contributed by atoms with E-state index in [9.17, 15) is 4.79 Å². The molecule has 0 amide bonds. The molecule has 0 unspecified atom stereocenters. The lowest BCUT2D eigenvalue weighted by molar-refractivity contribution is -0.136. The lowest BCUT2D eigenvalue weighted by atomic mass is 10.1. The summed E-state index contributed by atoms with van der Waals surface area (Å²) in [4.78, 5) is 10.5. The molecule has 0 spiro atoms. The number of hydrogen-bond acceptors (Lipinski definition) is 3. The number of carboxylic acid groups (broad SMARTS) is 1. The molecule has 1 aromatic heterocycles. The van der Waals surface area contributed by atoms with Crippen LogP contribution in [0.4, 0.5) is 0 Å². The molecule has 1 N–H and O–H groups in total. The molecular weight excluding hydrogens is 182 g/mol. The molecule has 0 aliphatic carbocycles. The maximum atomic E-state index is 10.5. The van der Waals surface area contributed by atoms with Crippen molar-refractivity contribution < 1.29 is 9.90 Å². The SMILES string of the molecule is CC(C)Cc1nnc(CC(=O)O)n1C. The Balaban J connectivity index is 2.79. The van der Waals surface area contributed by atoms with E-state index in [1.165, 1.54) is 0 Å². The average Bonchev–Trinajstić information content (AvgIpc) is 2.34. The number of nitrogens with zero attached hydrogens (tertiary/aromatic N) is 3. The van der Waals surface area contributed by atoms with Crippen LogP contribution in [0.3, 0.4) is 0 Å². The summed E-state index contributed by atoms with van der Waals surface area (Å²) in [6.45, 7) is 4.18. The van der Waals surface area contributed by atoms with Gasteiger partial charge in [-0.15, -0.1) is 10.2 Å². The zero-order valence-electron chi connectivity index (χ0n) is 8.69. The molecule has 0 radical (unpaired) electrons. The van der Waals surface area contributed by atoms with Crippen LogP contribution in [0.25, 0.3) is 0 Å². The summed E-state index contributed by atoms with van der Waals surface area (Å²) in [5.74, 6) is 0.969. The molecule has 0 saturated heterocycles. The summed E-state index contributed by atoms with van der Waals surface area (Å²) in [6.07, 6.45) is 0.755. The van der Waals surface area contributed by atoms with Crippen LogP contribution in [0.2, 0.25) is 0 Å². The molecule has 1 aromatic rings. The molecule has 0 aliphatic rings. The highest BCUT2D eigenvalue weighted by atomic mass is 16.4. The first-order valence-electron chi connectivity index (χ1n) is 4.59. The minimum absolute atomic E-state index is 0.0679. The van der Waals surface area contributed by atoms with Crippen molar-refractivity contribution in [3.05, 3.63) is 11.6 Å². The minimum Gasteiger partial charge on any atom is -0.481 e. The Morgan fingerprint density at radius 1 is 1.43 bits per heavy atom. The summed E-state index contributed by atoms with van der Waals surface area (Å²) in [5, 5.41) is 16.4. The van der Waals surface area contributed by atoms with Gasteiger partial charge in [-0.25, -0.2) is 0 Å². The van der Waals surface area contributed by atoms with Crippen molar-refractivity contribution in [1.29, 1.82) is 0 Å². The van der Waals surface area contributed by atoms with Gasteiger partial charge in [0, 0.05) is 13.5 Å². The monoisotopic (exact) mass is 197 g/mol. The van der Waals surface area contributed by atoms with Crippen molar-refractivity contribution in [2.75, 3.05) is 0 Å². The van der Waals surface area contributed by atoms with E-state index in [-0.39, 0.29) is 6.42 Å². The highest BCUT2D eigenvalue weighted by molar-refractivity contribution is 5.68. The first-order chi connectivity index (χ1) is 6.50. The molecule has 1 rings (SSSR count). The van der Waals surface area contributed by atoms with Crippen LogP contribution >= 0.6 is 0 Å². The second kappa shape index (κ2) is 4.21. The van der Waals surface area contributed by atoms with Gasteiger partial charge in [0.1, 0.15) is 18.1 Å². The minimum atomic E-state index is -0.878. The van der Waals surface area contributed by atoms with Crippen LogP contribution in [-0.4, -0.2) is 25.8 Å². The van der Waals surface area contributed by atoms with E-state index in [4.69, 9.17) is 5.11 Å². The fourth-order valence-electron chi connectivity index (χ4n) is 1.23. The summed E-state index contributed by atoms with van der Waals surface area (Å²) in [7, 11) is 1.80. The molecule has 1 heterocycles. The van der Waals surface area contributed by atoms with Crippen molar-refractivity contribution in [2.45, 2.75) is 26.7 Å². The number of rotatable bonds is 4. The fourth-order valence-corrected chi connectivity index (χ4v) is 1.23. The van der Waals surface area contributed by atoms with E-state index >= 15 is 0 Å². The number of carbonyl (C=O) groups is 1. The molecule has 14 heavy (non-hydrogen) atoms. The normalized spacial score (nSPS) is 10.9. The Kier molecular flexibility index (Phi) is 3.22. The highest BCUT2D eigenvalue weighted by Gasteiger charge is 2.12. The number of aromatic nitrogens is 3. The van der Waals surface area contributed by atoms with E-state index in [0.717, 1.165) is 12.2 Å². The molecule has 0 fully saturated rings. The first-order valence-corrected chi connectivity index (χ1v) is 4.59. The predicted molar refractivity (Wildman–Crippen MR) is 50.9 cm³/mol. The molecule has 5 heteroatoms. The van der Waals surface area contributed by atoms with Gasteiger partial charge >= 0.3 is 5.97 Å². The summed E-state index contributed by atoms with van der Waals surface area (Å²) in [6, 6.07) is 0. The van der Waals surface area contributed by atoms with Crippen molar-refractivity contribution in [2.24, 2.45) is 13.0 Å². The maximum Gasteiger partial charge on any atom is 0.311 e. The van der Waals surface area contributed by atoms with Crippen LogP contribution in [0, 0.1) is 5.92 Å². The number of aliphatic carboxylic acids is 1. The van der Waals surface area contributed by atoms with Crippen LogP contribution in [0.1, 0.15) is 25.5 Å². The molecular formula is C9H15N3O2. The van der Waals surface area contributed by atoms with Crippen LogP contribution in [0.15, 0.2) is 0 Å². The maximum absolute atomic E-state index is 10.5. The lowest BCUT2D eigenvalue weighted by Gasteiger charge is -2.04. The summed E-state index contributed by atoms with van der Waals surface area (Å²) < 4.78 is 1.76. The van der Waals surface area contributed by atoms with E-state index in [0.29, 0.717) is 11.7 Å². The van der Waals surface area contributed by atoms with E-state index in [1.807, 2.05) is 0 Å². The summed E-state index contributed by atoms with van der Waals surface area (Å²) in [5.41, 5.74) is 0. The smallest absolute Gasteiger partial charge is 0.311 e. The van der Waals surface area contributed by atoms with Gasteiger partial charge in [0.05, 0.1) is 0 Å². The lowest BCUT2D eigenvalue weighted by Crippen LogP contribution is -2.09. The molecule has 0 saturated carbocycles. The second-order valence-electron chi connectivity index (χ2n) is 3.76. The van der Waals surface area contributed by atoms with Gasteiger partial charge in [-0.3, -0.25) is 4.79 Å². The average molecular weight is 197 g/mol. The Hall–Kier alpha value is -1.39. The third kappa shape index (κ3) is 2.55. The first kappa shape index (κ1) is 10.7. The van der Waals surface area contributed by atoms with E-state index in [2.05, 4.69) is 24.0 Å². The Morgan fingerprint density at radius 3 is 2.50 bits per heavy atom. The second-order valence-corrected chi connectivity index (χ2v) is 3.76. The topological polar surface area (TPSA) is 68.0 Å². The van der Waals surface area contributed by atoms with Gasteiger partial charge in [0.2, 0.25) is 0 Å². The zero-order chi connectivity index (χ0) is 10.7. The van der Waals surface area contributed by atoms with Gasteiger partial charge in [-0.05, 0) is 5.92 Å². The third-order valence-electron chi connectivity index (χ3n) is 1.96. The summed E-state index contributed by atoms with van der Waals surface area (Å²) >= 11 is 0. The molecule has 0 atom stereocenters. The predicted octanol–water partition coefficient (Wildman–Crippen LogP) is 0.641. The van der Waals surface area contributed by atoms with Crippen molar-refractivity contribution >= 4 is 5.97 Å². The van der Waals surface area contributed by atoms with Gasteiger partial charge in [-0.2, -0.15) is 0 Å². The molecule has 5 nitrogen and oxygen atoms in total. The molecule has 0 aromatic carbocycles. The highest BCUT2D eigenvalue weighted by Crippen LogP contribution is 2.06. The van der Waals surface area contributed by atoms with Crippen molar-refractivity contribution in [3.63, 3.8) is 0 Å².